The molecular weight excluding hydrogens is 385 g/mol. The molecule has 1 unspecified atom stereocenters. The molecule has 1 N–H and O–H groups in total. The van der Waals surface area contributed by atoms with Crippen LogP contribution in [0.1, 0.15) is 35.4 Å². The third kappa shape index (κ3) is 4.81. The number of aromatic nitrogens is 2. The van der Waals surface area contributed by atoms with Gasteiger partial charge in [0.05, 0.1) is 16.1 Å². The van der Waals surface area contributed by atoms with E-state index in [2.05, 4.69) is 10.4 Å². The van der Waals surface area contributed by atoms with Gasteiger partial charge in [0.1, 0.15) is 5.69 Å². The molecular formula is C20H19Cl2N3O2. The summed E-state index contributed by atoms with van der Waals surface area (Å²) in [5.41, 5.74) is 1.38. The van der Waals surface area contributed by atoms with E-state index in [0.717, 1.165) is 12.0 Å². The van der Waals surface area contributed by atoms with Gasteiger partial charge in [0.15, 0.2) is 12.5 Å². The number of hydrogen-bond acceptors (Lipinski definition) is 3. The number of nitrogens with zero attached hydrogens (tertiary/aromatic N) is 2. The highest BCUT2D eigenvalue weighted by Crippen LogP contribution is 2.32. The predicted molar refractivity (Wildman–Crippen MR) is 106 cm³/mol. The molecule has 1 aromatic heterocycles. The molecule has 27 heavy (non-hydrogen) atoms. The lowest BCUT2D eigenvalue weighted by Crippen LogP contribution is -2.28. The number of benzene rings is 2. The van der Waals surface area contributed by atoms with Crippen LogP contribution in [0, 0.1) is 0 Å². The van der Waals surface area contributed by atoms with Gasteiger partial charge in [-0.25, -0.2) is 4.68 Å². The van der Waals surface area contributed by atoms with E-state index in [-0.39, 0.29) is 18.7 Å². The van der Waals surface area contributed by atoms with Crippen molar-refractivity contribution in [1.29, 1.82) is 0 Å². The Morgan fingerprint density at radius 3 is 2.48 bits per heavy atom. The molecule has 0 aliphatic rings. The highest BCUT2D eigenvalue weighted by Gasteiger charge is 2.16. The number of halogens is 2. The molecule has 1 atom stereocenters. The van der Waals surface area contributed by atoms with Crippen molar-refractivity contribution in [3.05, 3.63) is 82.1 Å². The average Bonchev–Trinajstić information content (AvgIpc) is 3.15. The molecule has 0 saturated carbocycles. The zero-order valence-corrected chi connectivity index (χ0v) is 16.2. The second-order valence-corrected chi connectivity index (χ2v) is 6.72. The average molecular weight is 404 g/mol. The molecule has 0 aliphatic heterocycles. The molecule has 0 bridgehead atoms. The summed E-state index contributed by atoms with van der Waals surface area (Å²) in [6, 6.07) is 16.6. The molecule has 5 nitrogen and oxygen atoms in total. The molecule has 0 aliphatic carbocycles. The molecule has 2 aromatic carbocycles. The number of para-hydroxylation sites is 1. The van der Waals surface area contributed by atoms with Gasteiger partial charge in [-0.05, 0) is 30.2 Å². The summed E-state index contributed by atoms with van der Waals surface area (Å²) in [5, 5.41) is 8.10. The van der Waals surface area contributed by atoms with Gasteiger partial charge in [-0.15, -0.1) is 0 Å². The Hall–Kier alpha value is -2.50. The third-order valence-corrected chi connectivity index (χ3v) is 4.64. The van der Waals surface area contributed by atoms with Crippen molar-refractivity contribution in [1.82, 2.24) is 15.1 Å². The van der Waals surface area contributed by atoms with Crippen LogP contribution in [0.5, 0.6) is 5.75 Å². The minimum Gasteiger partial charge on any atom is -0.468 e. The number of nitrogens with one attached hydrogen (secondary N) is 1. The molecule has 0 fully saturated rings. The maximum Gasteiger partial charge on any atom is 0.272 e. The molecule has 1 amide bonds. The van der Waals surface area contributed by atoms with Gasteiger partial charge in [0.2, 0.25) is 0 Å². The van der Waals surface area contributed by atoms with Crippen LogP contribution in [0.15, 0.2) is 60.8 Å². The Kier molecular flexibility index (Phi) is 6.37. The topological polar surface area (TPSA) is 56.2 Å². The van der Waals surface area contributed by atoms with Crippen LogP contribution in [-0.4, -0.2) is 15.7 Å². The zero-order valence-electron chi connectivity index (χ0n) is 14.7. The van der Waals surface area contributed by atoms with Crippen molar-refractivity contribution in [3.8, 4) is 5.75 Å². The van der Waals surface area contributed by atoms with Crippen molar-refractivity contribution in [3.63, 3.8) is 0 Å². The molecule has 7 heteroatoms. The number of carbonyl (C=O) groups is 1. The Morgan fingerprint density at radius 1 is 1.11 bits per heavy atom. The van der Waals surface area contributed by atoms with E-state index in [9.17, 15) is 4.79 Å². The van der Waals surface area contributed by atoms with E-state index in [1.54, 1.807) is 30.5 Å². The minimum absolute atomic E-state index is 0.0676. The molecule has 0 radical (unpaired) electrons. The number of rotatable bonds is 7. The molecule has 1 heterocycles. The second kappa shape index (κ2) is 8.93. The van der Waals surface area contributed by atoms with E-state index >= 15 is 0 Å². The fraction of sp³-hybridized carbons (Fsp3) is 0.200. The first-order chi connectivity index (χ1) is 13.1. The van der Waals surface area contributed by atoms with Crippen molar-refractivity contribution in [2.24, 2.45) is 0 Å². The van der Waals surface area contributed by atoms with Crippen molar-refractivity contribution >= 4 is 29.1 Å². The molecule has 140 valence electrons. The lowest BCUT2D eigenvalue weighted by Gasteiger charge is -2.16. The minimum atomic E-state index is -0.236. The van der Waals surface area contributed by atoms with Crippen molar-refractivity contribution in [2.75, 3.05) is 0 Å². The SMILES string of the molecule is CCC(NC(=O)c1ccn(COc2c(Cl)cccc2Cl)n1)c1ccccc1. The monoisotopic (exact) mass is 403 g/mol. The Bertz CT molecular complexity index is 892. The summed E-state index contributed by atoms with van der Waals surface area (Å²) >= 11 is 12.2. The normalized spacial score (nSPS) is 11.8. The number of amides is 1. The van der Waals surface area contributed by atoms with Crippen molar-refractivity contribution < 1.29 is 9.53 Å². The van der Waals surface area contributed by atoms with Crippen molar-refractivity contribution in [2.45, 2.75) is 26.1 Å². The number of ether oxygens (including phenoxy) is 1. The highest BCUT2D eigenvalue weighted by atomic mass is 35.5. The van der Waals surface area contributed by atoms with Crippen LogP contribution in [0.2, 0.25) is 10.0 Å². The van der Waals surface area contributed by atoms with Crippen LogP contribution in [0.4, 0.5) is 0 Å². The Morgan fingerprint density at radius 2 is 1.81 bits per heavy atom. The highest BCUT2D eigenvalue weighted by molar-refractivity contribution is 6.37. The Balaban J connectivity index is 1.64. The van der Waals surface area contributed by atoms with Gasteiger partial charge in [0, 0.05) is 6.20 Å². The summed E-state index contributed by atoms with van der Waals surface area (Å²) in [5.74, 6) is 0.151. The van der Waals surface area contributed by atoms with Crippen LogP contribution < -0.4 is 10.1 Å². The number of carbonyl (C=O) groups excluding carboxylic acids is 1. The zero-order chi connectivity index (χ0) is 19.2. The molecule has 0 spiro atoms. The lowest BCUT2D eigenvalue weighted by molar-refractivity contribution is 0.0928. The quantitative estimate of drug-likeness (QED) is 0.596. The fourth-order valence-electron chi connectivity index (χ4n) is 2.64. The van der Waals surface area contributed by atoms with Gasteiger partial charge >= 0.3 is 0 Å². The first kappa shape index (κ1) is 19.3. The van der Waals surface area contributed by atoms with Gasteiger partial charge < -0.3 is 10.1 Å². The maximum absolute atomic E-state index is 12.5. The fourth-order valence-corrected chi connectivity index (χ4v) is 3.15. The number of hydrogen-bond donors (Lipinski definition) is 1. The van der Waals surface area contributed by atoms with E-state index in [4.69, 9.17) is 27.9 Å². The van der Waals surface area contributed by atoms with Gasteiger partial charge in [0.25, 0.3) is 5.91 Å². The summed E-state index contributed by atoms with van der Waals surface area (Å²) in [4.78, 5) is 12.5. The standard InChI is InChI=1S/C20H19Cl2N3O2/c1-2-17(14-7-4-3-5-8-14)23-20(26)18-11-12-25(24-18)13-27-19-15(21)9-6-10-16(19)22/h3-12,17H,2,13H2,1H3,(H,23,26). The molecule has 3 aromatic rings. The van der Waals surface area contributed by atoms with E-state index < -0.39 is 0 Å². The van der Waals surface area contributed by atoms with E-state index in [1.165, 1.54) is 4.68 Å². The summed E-state index contributed by atoms with van der Waals surface area (Å²) in [7, 11) is 0. The van der Waals surface area contributed by atoms with Crippen LogP contribution in [0.3, 0.4) is 0 Å². The van der Waals surface area contributed by atoms with Crippen LogP contribution >= 0.6 is 23.2 Å². The van der Waals surface area contributed by atoms with Gasteiger partial charge in [-0.1, -0.05) is 66.5 Å². The third-order valence-electron chi connectivity index (χ3n) is 4.05. The summed E-state index contributed by atoms with van der Waals surface area (Å²) in [6.07, 6.45) is 2.45. The summed E-state index contributed by atoms with van der Waals surface area (Å²) < 4.78 is 7.14. The smallest absolute Gasteiger partial charge is 0.272 e. The summed E-state index contributed by atoms with van der Waals surface area (Å²) in [6.45, 7) is 2.12. The maximum atomic E-state index is 12.5. The Labute approximate surface area is 167 Å². The van der Waals surface area contributed by atoms with E-state index in [0.29, 0.717) is 21.5 Å². The van der Waals surface area contributed by atoms with Crippen LogP contribution in [-0.2, 0) is 6.73 Å². The van der Waals surface area contributed by atoms with Crippen LogP contribution in [0.25, 0.3) is 0 Å². The molecule has 3 rings (SSSR count). The lowest BCUT2D eigenvalue weighted by atomic mass is 10.0. The largest absolute Gasteiger partial charge is 0.468 e. The molecule has 0 saturated heterocycles. The van der Waals surface area contributed by atoms with Gasteiger partial charge in [-0.3, -0.25) is 4.79 Å². The predicted octanol–water partition coefficient (Wildman–Crippen LogP) is 5.11. The van der Waals surface area contributed by atoms with Gasteiger partial charge in [-0.2, -0.15) is 5.10 Å². The first-order valence-corrected chi connectivity index (χ1v) is 9.30. The van der Waals surface area contributed by atoms with E-state index in [1.807, 2.05) is 37.3 Å². The second-order valence-electron chi connectivity index (χ2n) is 5.91. The first-order valence-electron chi connectivity index (χ1n) is 8.54.